The van der Waals surface area contributed by atoms with Crippen LogP contribution in [-0.2, 0) is 0 Å². The summed E-state index contributed by atoms with van der Waals surface area (Å²) in [5.74, 6) is 1.48. The van der Waals surface area contributed by atoms with Gasteiger partial charge in [-0.2, -0.15) is 0 Å². The first-order valence-corrected chi connectivity index (χ1v) is 7.80. The maximum absolute atomic E-state index is 10.0. The lowest BCUT2D eigenvalue weighted by atomic mass is 10.2. The maximum Gasteiger partial charge on any atom is 0.122 e. The molecule has 0 aliphatic carbocycles. The zero-order valence-corrected chi connectivity index (χ0v) is 13.5. The van der Waals surface area contributed by atoms with Crippen LogP contribution in [0.5, 0.6) is 11.5 Å². The van der Waals surface area contributed by atoms with E-state index in [4.69, 9.17) is 9.47 Å². The normalized spacial score (nSPS) is 11.9. The molecule has 0 bridgehead atoms. The standard InChI is InChI=1S/C19H20N2O3/c1-15-4-2-3-5-19(15)24-13-17(22)12-23-18-8-6-16(7-9-18)21-11-10-20-14-21/h2-11,14,17,22H,12-13H2,1H3. The first-order chi connectivity index (χ1) is 11.7. The first-order valence-electron chi connectivity index (χ1n) is 7.80. The molecule has 1 heterocycles. The summed E-state index contributed by atoms with van der Waals surface area (Å²) >= 11 is 0. The predicted molar refractivity (Wildman–Crippen MR) is 91.7 cm³/mol. The number of aliphatic hydroxyl groups excluding tert-OH is 1. The van der Waals surface area contributed by atoms with Crippen LogP contribution in [0.15, 0.2) is 67.3 Å². The van der Waals surface area contributed by atoms with Crippen LogP contribution in [0.1, 0.15) is 5.56 Å². The third-order valence-corrected chi connectivity index (χ3v) is 3.61. The van der Waals surface area contributed by atoms with Crippen molar-refractivity contribution < 1.29 is 14.6 Å². The smallest absolute Gasteiger partial charge is 0.122 e. The summed E-state index contributed by atoms with van der Waals surface area (Å²) in [6.07, 6.45) is 4.65. The highest BCUT2D eigenvalue weighted by atomic mass is 16.5. The molecule has 1 atom stereocenters. The van der Waals surface area contributed by atoms with Crippen molar-refractivity contribution in [2.24, 2.45) is 0 Å². The van der Waals surface area contributed by atoms with Crippen molar-refractivity contribution in [2.75, 3.05) is 13.2 Å². The fraction of sp³-hybridized carbons (Fsp3) is 0.211. The van der Waals surface area contributed by atoms with Gasteiger partial charge in [-0.1, -0.05) is 18.2 Å². The number of ether oxygens (including phenoxy) is 2. The summed E-state index contributed by atoms with van der Waals surface area (Å²) in [7, 11) is 0. The van der Waals surface area contributed by atoms with Crippen LogP contribution in [0, 0.1) is 6.92 Å². The predicted octanol–water partition coefficient (Wildman–Crippen LogP) is 3.00. The second-order valence-electron chi connectivity index (χ2n) is 5.51. The molecule has 5 nitrogen and oxygen atoms in total. The lowest BCUT2D eigenvalue weighted by molar-refractivity contribution is 0.0624. The Balaban J connectivity index is 1.47. The van der Waals surface area contributed by atoms with Crippen molar-refractivity contribution in [2.45, 2.75) is 13.0 Å². The van der Waals surface area contributed by atoms with Crippen molar-refractivity contribution in [3.63, 3.8) is 0 Å². The number of benzene rings is 2. The second kappa shape index (κ2) is 7.66. The van der Waals surface area contributed by atoms with E-state index in [0.717, 1.165) is 17.0 Å². The number of aromatic nitrogens is 2. The van der Waals surface area contributed by atoms with Crippen molar-refractivity contribution >= 4 is 0 Å². The van der Waals surface area contributed by atoms with Gasteiger partial charge in [-0.3, -0.25) is 0 Å². The number of imidazole rings is 1. The fourth-order valence-corrected chi connectivity index (χ4v) is 2.27. The molecular formula is C19H20N2O3. The van der Waals surface area contributed by atoms with Crippen molar-refractivity contribution in [1.82, 2.24) is 9.55 Å². The van der Waals surface area contributed by atoms with E-state index in [1.807, 2.05) is 66.2 Å². The SMILES string of the molecule is Cc1ccccc1OCC(O)COc1ccc(-n2ccnc2)cc1. The molecule has 0 radical (unpaired) electrons. The quantitative estimate of drug-likeness (QED) is 0.726. The number of aliphatic hydroxyl groups is 1. The molecule has 1 unspecified atom stereocenters. The summed E-state index contributed by atoms with van der Waals surface area (Å²) in [5, 5.41) is 10.0. The summed E-state index contributed by atoms with van der Waals surface area (Å²) in [6.45, 7) is 2.34. The number of nitrogens with zero attached hydrogens (tertiary/aromatic N) is 2. The van der Waals surface area contributed by atoms with Gasteiger partial charge in [0.05, 0.1) is 6.33 Å². The van der Waals surface area contributed by atoms with Gasteiger partial charge in [-0.25, -0.2) is 4.98 Å². The molecule has 3 rings (SSSR count). The van der Waals surface area contributed by atoms with Crippen LogP contribution >= 0.6 is 0 Å². The average molecular weight is 324 g/mol. The summed E-state index contributed by atoms with van der Waals surface area (Å²) in [6, 6.07) is 15.3. The molecule has 0 aliphatic rings. The summed E-state index contributed by atoms with van der Waals surface area (Å²) in [4.78, 5) is 4.02. The molecule has 1 aromatic heterocycles. The molecule has 5 heteroatoms. The fourth-order valence-electron chi connectivity index (χ4n) is 2.27. The topological polar surface area (TPSA) is 56.5 Å². The third-order valence-electron chi connectivity index (χ3n) is 3.61. The van der Waals surface area contributed by atoms with E-state index in [0.29, 0.717) is 5.75 Å². The number of para-hydroxylation sites is 1. The van der Waals surface area contributed by atoms with E-state index in [1.165, 1.54) is 0 Å². The van der Waals surface area contributed by atoms with Crippen molar-refractivity contribution in [3.8, 4) is 17.2 Å². The molecule has 0 amide bonds. The van der Waals surface area contributed by atoms with E-state index in [1.54, 1.807) is 12.5 Å². The molecule has 0 saturated carbocycles. The van der Waals surface area contributed by atoms with E-state index >= 15 is 0 Å². The highest BCUT2D eigenvalue weighted by Gasteiger charge is 2.08. The lowest BCUT2D eigenvalue weighted by Crippen LogP contribution is -2.25. The molecule has 2 aromatic carbocycles. The number of hydrogen-bond acceptors (Lipinski definition) is 4. The van der Waals surface area contributed by atoms with Crippen LogP contribution in [-0.4, -0.2) is 34.0 Å². The van der Waals surface area contributed by atoms with Gasteiger partial charge in [0.1, 0.15) is 30.8 Å². The van der Waals surface area contributed by atoms with Gasteiger partial charge >= 0.3 is 0 Å². The zero-order chi connectivity index (χ0) is 16.8. The van der Waals surface area contributed by atoms with Gasteiger partial charge < -0.3 is 19.1 Å². The molecule has 124 valence electrons. The minimum Gasteiger partial charge on any atom is -0.491 e. The van der Waals surface area contributed by atoms with Gasteiger partial charge in [0.2, 0.25) is 0 Å². The van der Waals surface area contributed by atoms with Gasteiger partial charge in [0.15, 0.2) is 0 Å². The monoisotopic (exact) mass is 324 g/mol. The van der Waals surface area contributed by atoms with Gasteiger partial charge in [0.25, 0.3) is 0 Å². The highest BCUT2D eigenvalue weighted by molar-refractivity contribution is 5.37. The van der Waals surface area contributed by atoms with Crippen molar-refractivity contribution in [1.29, 1.82) is 0 Å². The summed E-state index contributed by atoms with van der Waals surface area (Å²) < 4.78 is 13.1. The molecule has 0 aliphatic heterocycles. The van der Waals surface area contributed by atoms with Crippen LogP contribution < -0.4 is 9.47 Å². The Morgan fingerprint density at radius 1 is 1.04 bits per heavy atom. The van der Waals surface area contributed by atoms with Gasteiger partial charge in [-0.15, -0.1) is 0 Å². The van der Waals surface area contributed by atoms with E-state index in [2.05, 4.69) is 4.98 Å². The number of hydrogen-bond donors (Lipinski definition) is 1. The average Bonchev–Trinajstić information content (AvgIpc) is 3.14. The minimum atomic E-state index is -0.696. The molecule has 1 N–H and O–H groups in total. The molecule has 0 spiro atoms. The van der Waals surface area contributed by atoms with Crippen LogP contribution in [0.4, 0.5) is 0 Å². The Morgan fingerprint density at radius 3 is 2.50 bits per heavy atom. The Labute approximate surface area is 141 Å². The van der Waals surface area contributed by atoms with Crippen LogP contribution in [0.25, 0.3) is 5.69 Å². The van der Waals surface area contributed by atoms with Gasteiger partial charge in [-0.05, 0) is 42.8 Å². The van der Waals surface area contributed by atoms with Gasteiger partial charge in [0, 0.05) is 18.1 Å². The minimum absolute atomic E-state index is 0.177. The maximum atomic E-state index is 10.0. The molecular weight excluding hydrogens is 304 g/mol. The van der Waals surface area contributed by atoms with Crippen LogP contribution in [0.3, 0.4) is 0 Å². The Kier molecular flexibility index (Phi) is 5.13. The lowest BCUT2D eigenvalue weighted by Gasteiger charge is -2.15. The molecule has 0 saturated heterocycles. The molecule has 0 fully saturated rings. The molecule has 3 aromatic rings. The van der Waals surface area contributed by atoms with Crippen LogP contribution in [0.2, 0.25) is 0 Å². The Hall–Kier alpha value is -2.79. The number of rotatable bonds is 7. The first kappa shape index (κ1) is 16.1. The van der Waals surface area contributed by atoms with Crippen molar-refractivity contribution in [3.05, 3.63) is 72.8 Å². The number of aryl methyl sites for hydroxylation is 1. The Bertz CT molecular complexity index is 755. The third kappa shape index (κ3) is 4.14. The molecule has 24 heavy (non-hydrogen) atoms. The second-order valence-corrected chi connectivity index (χ2v) is 5.51. The largest absolute Gasteiger partial charge is 0.491 e. The van der Waals surface area contributed by atoms with E-state index in [9.17, 15) is 5.11 Å². The highest BCUT2D eigenvalue weighted by Crippen LogP contribution is 2.17. The Morgan fingerprint density at radius 2 is 1.79 bits per heavy atom. The zero-order valence-electron chi connectivity index (χ0n) is 13.5. The summed E-state index contributed by atoms with van der Waals surface area (Å²) in [5.41, 5.74) is 2.05. The van der Waals surface area contributed by atoms with E-state index in [-0.39, 0.29) is 13.2 Å². The van der Waals surface area contributed by atoms with E-state index < -0.39 is 6.10 Å².